The quantitative estimate of drug-likeness (QED) is 0.444. The Morgan fingerprint density at radius 3 is 2.19 bits per heavy atom. The van der Waals surface area contributed by atoms with Gasteiger partial charge in [-0.15, -0.1) is 11.8 Å². The number of nitrogens with zero attached hydrogens (tertiary/aromatic N) is 2. The van der Waals surface area contributed by atoms with E-state index in [-0.39, 0.29) is 28.0 Å². The van der Waals surface area contributed by atoms with Crippen LogP contribution in [-0.4, -0.2) is 16.7 Å². The van der Waals surface area contributed by atoms with Crippen molar-refractivity contribution in [2.75, 3.05) is 4.90 Å². The SMILES string of the molecule is O=C1[C@@H]2[C@H](C(=O)N1c1ccc(Cl)cc1)[C@H]1S[C@@H]2c2cc([N+](=O)[O-])ccc21. The topological polar surface area (TPSA) is 80.5 Å². The van der Waals surface area contributed by atoms with Gasteiger partial charge in [-0.25, -0.2) is 4.90 Å². The molecule has 2 amide bonds. The highest BCUT2D eigenvalue weighted by Gasteiger charge is 2.64. The average molecular weight is 387 g/mol. The van der Waals surface area contributed by atoms with E-state index in [0.717, 1.165) is 11.1 Å². The number of halogens is 1. The predicted octanol–water partition coefficient (Wildman–Crippen LogP) is 3.90. The van der Waals surface area contributed by atoms with Crippen LogP contribution in [0.15, 0.2) is 42.5 Å². The molecule has 2 saturated heterocycles. The zero-order chi connectivity index (χ0) is 18.2. The number of benzene rings is 2. The number of fused-ring (bicyclic) bond motifs is 8. The summed E-state index contributed by atoms with van der Waals surface area (Å²) in [5.41, 5.74) is 2.28. The van der Waals surface area contributed by atoms with E-state index in [0.29, 0.717) is 10.7 Å². The van der Waals surface area contributed by atoms with Crippen molar-refractivity contribution in [1.82, 2.24) is 0 Å². The van der Waals surface area contributed by atoms with Crippen molar-refractivity contribution in [3.05, 3.63) is 68.7 Å². The molecule has 6 nitrogen and oxygen atoms in total. The third-order valence-corrected chi connectivity index (χ3v) is 7.26. The number of carbonyl (C=O) groups is 2. The van der Waals surface area contributed by atoms with Crippen LogP contribution in [0.2, 0.25) is 5.02 Å². The molecule has 0 saturated carbocycles. The lowest BCUT2D eigenvalue weighted by Gasteiger charge is -2.21. The molecule has 0 aliphatic carbocycles. The van der Waals surface area contributed by atoms with E-state index in [2.05, 4.69) is 0 Å². The monoisotopic (exact) mass is 386 g/mol. The maximum atomic E-state index is 13.0. The molecule has 3 heterocycles. The number of imide groups is 1. The summed E-state index contributed by atoms with van der Waals surface area (Å²) in [4.78, 5) is 37.9. The van der Waals surface area contributed by atoms with Crippen LogP contribution in [-0.2, 0) is 9.59 Å². The zero-order valence-corrected chi connectivity index (χ0v) is 14.7. The van der Waals surface area contributed by atoms with Crippen molar-refractivity contribution in [3.8, 4) is 0 Å². The molecule has 3 aliphatic heterocycles. The number of amides is 2. The van der Waals surface area contributed by atoms with Gasteiger partial charge in [0.2, 0.25) is 11.8 Å². The van der Waals surface area contributed by atoms with E-state index in [1.807, 2.05) is 0 Å². The molecule has 4 atom stereocenters. The van der Waals surface area contributed by atoms with Gasteiger partial charge in [-0.1, -0.05) is 17.7 Å². The fourth-order valence-corrected chi connectivity index (χ4v) is 6.30. The normalized spacial score (nSPS) is 28.4. The summed E-state index contributed by atoms with van der Waals surface area (Å²) in [6.45, 7) is 0. The second-order valence-electron chi connectivity index (χ2n) is 6.59. The number of rotatable bonds is 2. The molecule has 5 rings (SSSR count). The zero-order valence-electron chi connectivity index (χ0n) is 13.2. The van der Waals surface area contributed by atoms with Crippen LogP contribution in [0.5, 0.6) is 0 Å². The summed E-state index contributed by atoms with van der Waals surface area (Å²) in [5.74, 6) is -1.32. The molecule has 0 unspecified atom stereocenters. The van der Waals surface area contributed by atoms with Crippen LogP contribution >= 0.6 is 23.4 Å². The van der Waals surface area contributed by atoms with Gasteiger partial charge in [-0.3, -0.25) is 19.7 Å². The fraction of sp³-hybridized carbons (Fsp3) is 0.222. The molecule has 2 aromatic rings. The third kappa shape index (κ3) is 1.95. The van der Waals surface area contributed by atoms with E-state index in [9.17, 15) is 19.7 Å². The Morgan fingerprint density at radius 1 is 0.962 bits per heavy atom. The molecule has 8 heteroatoms. The first-order valence-corrected chi connectivity index (χ1v) is 9.36. The van der Waals surface area contributed by atoms with Crippen LogP contribution in [0.4, 0.5) is 11.4 Å². The van der Waals surface area contributed by atoms with Crippen LogP contribution in [0, 0.1) is 22.0 Å². The third-order valence-electron chi connectivity index (χ3n) is 5.32. The number of non-ortho nitro benzene ring substituents is 1. The Hall–Kier alpha value is -2.38. The van der Waals surface area contributed by atoms with Crippen LogP contribution in [0.1, 0.15) is 21.6 Å². The first kappa shape index (κ1) is 15.8. The number of nitro groups is 1. The highest BCUT2D eigenvalue weighted by atomic mass is 35.5. The first-order valence-electron chi connectivity index (χ1n) is 8.04. The predicted molar refractivity (Wildman–Crippen MR) is 97.1 cm³/mol. The Labute approximate surface area is 157 Å². The molecule has 26 heavy (non-hydrogen) atoms. The van der Waals surface area contributed by atoms with Gasteiger partial charge in [-0.05, 0) is 35.4 Å². The maximum Gasteiger partial charge on any atom is 0.269 e. The van der Waals surface area contributed by atoms with Crippen LogP contribution < -0.4 is 4.90 Å². The van der Waals surface area contributed by atoms with Gasteiger partial charge in [0.25, 0.3) is 5.69 Å². The fourth-order valence-electron chi connectivity index (χ4n) is 4.24. The number of carbonyl (C=O) groups excluding carboxylic acids is 2. The summed E-state index contributed by atoms with van der Waals surface area (Å²) in [6.07, 6.45) is 0. The second-order valence-corrected chi connectivity index (χ2v) is 8.31. The van der Waals surface area contributed by atoms with Gasteiger partial charge in [0.05, 0.1) is 22.4 Å². The van der Waals surface area contributed by atoms with Gasteiger partial charge >= 0.3 is 0 Å². The lowest BCUT2D eigenvalue weighted by atomic mass is 9.77. The average Bonchev–Trinajstić information content (AvgIpc) is 3.26. The lowest BCUT2D eigenvalue weighted by molar-refractivity contribution is -0.384. The molecule has 2 bridgehead atoms. The van der Waals surface area contributed by atoms with Crippen molar-refractivity contribution in [3.63, 3.8) is 0 Å². The van der Waals surface area contributed by atoms with Gasteiger partial charge < -0.3 is 0 Å². The van der Waals surface area contributed by atoms with Crippen molar-refractivity contribution in [1.29, 1.82) is 0 Å². The van der Waals surface area contributed by atoms with E-state index in [4.69, 9.17) is 11.6 Å². The van der Waals surface area contributed by atoms with Crippen molar-refractivity contribution < 1.29 is 14.5 Å². The number of thioether (sulfide) groups is 1. The van der Waals surface area contributed by atoms with Crippen LogP contribution in [0.25, 0.3) is 0 Å². The molecule has 2 fully saturated rings. The van der Waals surface area contributed by atoms with E-state index < -0.39 is 16.8 Å². The molecule has 3 aliphatic rings. The summed E-state index contributed by atoms with van der Waals surface area (Å²) in [7, 11) is 0. The standard InChI is InChI=1S/C18H11ClN2O4S/c19-8-1-3-9(4-2-8)20-17(22)13-14(18(20)23)16-12-7-10(21(24)25)5-6-11(12)15(13)26-16/h1-7,13-16H/t13-,14+,15-,16+/m0/s1. The van der Waals surface area contributed by atoms with Gasteiger partial charge in [-0.2, -0.15) is 0 Å². The lowest BCUT2D eigenvalue weighted by Crippen LogP contribution is -2.31. The van der Waals surface area contributed by atoms with Crippen molar-refractivity contribution in [2.45, 2.75) is 10.5 Å². The summed E-state index contributed by atoms with van der Waals surface area (Å²) < 4.78 is 0. The van der Waals surface area contributed by atoms with Crippen molar-refractivity contribution in [2.24, 2.45) is 11.8 Å². The molecule has 130 valence electrons. The second kappa shape index (κ2) is 5.31. The summed E-state index contributed by atoms with van der Waals surface area (Å²) in [6, 6.07) is 11.3. The Morgan fingerprint density at radius 2 is 1.58 bits per heavy atom. The van der Waals surface area contributed by atoms with E-state index >= 15 is 0 Å². The molecule has 0 spiro atoms. The number of nitro benzene ring substituents is 1. The van der Waals surface area contributed by atoms with Gasteiger partial charge in [0.1, 0.15) is 0 Å². The van der Waals surface area contributed by atoms with E-state index in [1.165, 1.54) is 11.0 Å². The minimum absolute atomic E-state index is 0.0137. The van der Waals surface area contributed by atoms with Crippen LogP contribution in [0.3, 0.4) is 0 Å². The number of anilines is 1. The minimum Gasteiger partial charge on any atom is -0.274 e. The Balaban J connectivity index is 1.57. The van der Waals surface area contributed by atoms with E-state index in [1.54, 1.807) is 48.2 Å². The Kier molecular flexibility index (Phi) is 3.24. The minimum atomic E-state index is -0.470. The van der Waals surface area contributed by atoms with Gasteiger partial charge in [0, 0.05) is 27.7 Å². The Bertz CT molecular complexity index is 993. The largest absolute Gasteiger partial charge is 0.274 e. The highest BCUT2D eigenvalue weighted by molar-refractivity contribution is 8.00. The first-order chi connectivity index (χ1) is 12.5. The molecular weight excluding hydrogens is 376 g/mol. The van der Waals surface area contributed by atoms with Crippen molar-refractivity contribution >= 4 is 46.6 Å². The molecule has 0 radical (unpaired) electrons. The maximum absolute atomic E-state index is 13.0. The summed E-state index contributed by atoms with van der Waals surface area (Å²) in [5, 5.41) is 11.3. The smallest absolute Gasteiger partial charge is 0.269 e. The van der Waals surface area contributed by atoms with Gasteiger partial charge in [0.15, 0.2) is 0 Å². The summed E-state index contributed by atoms with van der Waals surface area (Å²) >= 11 is 7.47. The molecular formula is C18H11ClN2O4S. The molecule has 0 aromatic heterocycles. The number of hydrogen-bond donors (Lipinski definition) is 0. The molecule has 0 N–H and O–H groups in total. The molecule has 2 aromatic carbocycles. The highest BCUT2D eigenvalue weighted by Crippen LogP contribution is 2.69. The number of hydrogen-bond acceptors (Lipinski definition) is 5.